The Balaban J connectivity index is 1.75. The fraction of sp³-hybridized carbons (Fsp3) is 0.192. The van der Waals surface area contributed by atoms with E-state index in [1.807, 2.05) is 36.7 Å². The van der Waals surface area contributed by atoms with E-state index in [0.717, 1.165) is 16.9 Å². The van der Waals surface area contributed by atoms with Crippen LogP contribution in [0.3, 0.4) is 0 Å². The fourth-order valence-corrected chi connectivity index (χ4v) is 3.94. The second-order valence-corrected chi connectivity index (χ2v) is 8.11. The van der Waals surface area contributed by atoms with Gasteiger partial charge in [0.25, 0.3) is 5.56 Å². The van der Waals surface area contributed by atoms with Crippen molar-refractivity contribution in [3.05, 3.63) is 117 Å². The van der Waals surface area contributed by atoms with Gasteiger partial charge in [0.15, 0.2) is 0 Å². The van der Waals surface area contributed by atoms with Crippen LogP contribution in [-0.4, -0.2) is 19.2 Å². The summed E-state index contributed by atoms with van der Waals surface area (Å²) < 4.78 is 16.6. The molecule has 1 N–H and O–H groups in total. The number of aryl methyl sites for hydroxylation is 2. The molecule has 0 saturated carbocycles. The predicted molar refractivity (Wildman–Crippen MR) is 123 cm³/mol. The van der Waals surface area contributed by atoms with Gasteiger partial charge in [0.2, 0.25) is 0 Å². The van der Waals surface area contributed by atoms with Crippen molar-refractivity contribution in [1.82, 2.24) is 14.1 Å². The minimum absolute atomic E-state index is 0.105. The third-order valence-electron chi connectivity index (χ3n) is 5.79. The van der Waals surface area contributed by atoms with E-state index in [4.69, 9.17) is 0 Å². The lowest BCUT2D eigenvalue weighted by Gasteiger charge is -2.20. The summed E-state index contributed by atoms with van der Waals surface area (Å²) in [7, 11) is 0. The van der Waals surface area contributed by atoms with Gasteiger partial charge in [-0.05, 0) is 61.7 Å². The number of aliphatic hydroxyl groups excluding tert-OH is 1. The largest absolute Gasteiger partial charge is 0.383 e. The predicted octanol–water partition coefficient (Wildman–Crippen LogP) is 4.35. The van der Waals surface area contributed by atoms with Gasteiger partial charge in [0.1, 0.15) is 18.0 Å². The number of hydrogen-bond acceptors (Lipinski definition) is 4. The maximum atomic E-state index is 13.3. The molecular weight excluding hydrogens is 419 g/mol. The van der Waals surface area contributed by atoms with Crippen molar-refractivity contribution in [2.75, 3.05) is 0 Å². The van der Waals surface area contributed by atoms with Gasteiger partial charge in [-0.1, -0.05) is 24.3 Å². The summed E-state index contributed by atoms with van der Waals surface area (Å²) in [5, 5.41) is 20.6. The molecule has 2 aromatic heterocycles. The number of nitriles is 1. The maximum absolute atomic E-state index is 13.3. The molecule has 7 heteroatoms. The number of halogens is 1. The Labute approximate surface area is 190 Å². The zero-order valence-corrected chi connectivity index (χ0v) is 18.5. The molecule has 0 bridgehead atoms. The number of rotatable bonds is 5. The van der Waals surface area contributed by atoms with Crippen molar-refractivity contribution in [3.8, 4) is 11.8 Å². The highest BCUT2D eigenvalue weighted by Crippen LogP contribution is 2.26. The molecule has 0 aliphatic heterocycles. The average Bonchev–Trinajstić information content (AvgIpc) is 3.24. The summed E-state index contributed by atoms with van der Waals surface area (Å²) in [5.74, 6) is -0.371. The Bertz CT molecular complexity index is 1410. The molecule has 2 atom stereocenters. The van der Waals surface area contributed by atoms with Crippen LogP contribution in [0.4, 0.5) is 4.39 Å². The van der Waals surface area contributed by atoms with Crippen molar-refractivity contribution >= 4 is 0 Å². The minimum atomic E-state index is -1.21. The summed E-state index contributed by atoms with van der Waals surface area (Å²) in [6.45, 7) is 5.61. The van der Waals surface area contributed by atoms with E-state index in [2.05, 4.69) is 11.1 Å². The molecule has 0 aliphatic carbocycles. The van der Waals surface area contributed by atoms with Crippen LogP contribution in [0, 0.1) is 31.0 Å². The average molecular weight is 442 g/mol. The van der Waals surface area contributed by atoms with Crippen LogP contribution in [0.5, 0.6) is 0 Å². The maximum Gasteiger partial charge on any atom is 0.257 e. The van der Waals surface area contributed by atoms with Crippen LogP contribution in [0.2, 0.25) is 0 Å². The Hall–Kier alpha value is -4.02. The van der Waals surface area contributed by atoms with E-state index in [1.54, 1.807) is 31.5 Å². The molecule has 0 radical (unpaired) electrons. The number of aliphatic hydroxyl groups is 1. The molecule has 0 spiro atoms. The van der Waals surface area contributed by atoms with Crippen LogP contribution in [0.25, 0.3) is 5.69 Å². The molecule has 2 aromatic carbocycles. The van der Waals surface area contributed by atoms with Gasteiger partial charge in [0, 0.05) is 18.1 Å². The molecule has 6 nitrogen and oxygen atoms in total. The van der Waals surface area contributed by atoms with Gasteiger partial charge in [-0.2, -0.15) is 5.26 Å². The van der Waals surface area contributed by atoms with Crippen LogP contribution >= 0.6 is 0 Å². The molecule has 0 amide bonds. The quantitative estimate of drug-likeness (QED) is 0.498. The number of pyridine rings is 1. The second-order valence-electron chi connectivity index (χ2n) is 8.11. The first-order valence-corrected chi connectivity index (χ1v) is 10.5. The SMILES string of the molecule is Cc1cn(-c2ccc(C(O)c3cc(C#N)cn([C@@H](C)c4ccc(F)cc4)c3=O)cc2C)cn1. The van der Waals surface area contributed by atoms with Crippen molar-refractivity contribution in [2.24, 2.45) is 0 Å². The molecule has 0 aliphatic rings. The lowest BCUT2D eigenvalue weighted by Crippen LogP contribution is -2.28. The van der Waals surface area contributed by atoms with E-state index in [9.17, 15) is 19.6 Å². The minimum Gasteiger partial charge on any atom is -0.383 e. The van der Waals surface area contributed by atoms with Gasteiger partial charge >= 0.3 is 0 Å². The van der Waals surface area contributed by atoms with Crippen LogP contribution < -0.4 is 5.56 Å². The van der Waals surface area contributed by atoms with E-state index in [1.165, 1.54) is 29.0 Å². The third kappa shape index (κ3) is 4.34. The van der Waals surface area contributed by atoms with Gasteiger partial charge in [-0.15, -0.1) is 0 Å². The molecular formula is C26H23FN4O2. The summed E-state index contributed by atoms with van der Waals surface area (Å²) in [4.78, 5) is 17.6. The Morgan fingerprint density at radius 2 is 1.76 bits per heavy atom. The zero-order chi connectivity index (χ0) is 23.7. The summed E-state index contributed by atoms with van der Waals surface area (Å²) >= 11 is 0. The highest BCUT2D eigenvalue weighted by atomic mass is 19.1. The number of hydrogen-bond donors (Lipinski definition) is 1. The van der Waals surface area contributed by atoms with Crippen molar-refractivity contribution in [1.29, 1.82) is 5.26 Å². The monoisotopic (exact) mass is 442 g/mol. The lowest BCUT2D eigenvalue weighted by atomic mass is 9.98. The first-order valence-electron chi connectivity index (χ1n) is 10.5. The lowest BCUT2D eigenvalue weighted by molar-refractivity contribution is 0.217. The first kappa shape index (κ1) is 22.2. The Morgan fingerprint density at radius 3 is 2.36 bits per heavy atom. The number of aromatic nitrogens is 3. The smallest absolute Gasteiger partial charge is 0.257 e. The van der Waals surface area contributed by atoms with Crippen LogP contribution in [0.1, 0.15) is 52.6 Å². The van der Waals surface area contributed by atoms with E-state index >= 15 is 0 Å². The fourth-order valence-electron chi connectivity index (χ4n) is 3.94. The zero-order valence-electron chi connectivity index (χ0n) is 18.5. The Morgan fingerprint density at radius 1 is 1.06 bits per heavy atom. The molecule has 4 aromatic rings. The van der Waals surface area contributed by atoms with E-state index < -0.39 is 17.7 Å². The number of nitrogens with zero attached hydrogens (tertiary/aromatic N) is 4. The van der Waals surface area contributed by atoms with Gasteiger partial charge in [-0.25, -0.2) is 9.37 Å². The van der Waals surface area contributed by atoms with Gasteiger partial charge in [0.05, 0.1) is 29.2 Å². The van der Waals surface area contributed by atoms with Crippen LogP contribution in [0.15, 0.2) is 72.0 Å². The summed E-state index contributed by atoms with van der Waals surface area (Å²) in [6, 6.07) is 14.3. The number of imidazole rings is 1. The molecule has 166 valence electrons. The highest BCUT2D eigenvalue weighted by molar-refractivity contribution is 5.45. The standard InChI is InChI=1S/C26H23FN4O2/c1-16-10-21(6-9-24(16)30-13-17(2)29-15-30)25(32)23-11-19(12-28)14-31(26(23)33)18(3)20-4-7-22(27)8-5-20/h4-11,13-15,18,25,32H,1-3H3/t18-,25?/m0/s1. The van der Waals surface area contributed by atoms with Gasteiger partial charge in [-0.3, -0.25) is 4.79 Å². The second kappa shape index (κ2) is 8.85. The molecule has 0 fully saturated rings. The number of benzene rings is 2. The topological polar surface area (TPSA) is 83.8 Å². The molecule has 2 heterocycles. The molecule has 33 heavy (non-hydrogen) atoms. The van der Waals surface area contributed by atoms with Crippen molar-refractivity contribution < 1.29 is 9.50 Å². The third-order valence-corrected chi connectivity index (χ3v) is 5.79. The normalized spacial score (nSPS) is 12.8. The first-order chi connectivity index (χ1) is 15.8. The van der Waals surface area contributed by atoms with Crippen molar-refractivity contribution in [2.45, 2.75) is 32.9 Å². The van der Waals surface area contributed by atoms with Gasteiger partial charge < -0.3 is 14.2 Å². The Kier molecular flexibility index (Phi) is 5.95. The van der Waals surface area contributed by atoms with E-state index in [0.29, 0.717) is 11.1 Å². The highest BCUT2D eigenvalue weighted by Gasteiger charge is 2.21. The molecule has 4 rings (SSSR count). The summed E-state index contributed by atoms with van der Waals surface area (Å²) in [6.07, 6.45) is 3.88. The van der Waals surface area contributed by atoms with Crippen molar-refractivity contribution in [3.63, 3.8) is 0 Å². The summed E-state index contributed by atoms with van der Waals surface area (Å²) in [5.41, 5.74) is 3.91. The molecule has 0 saturated heterocycles. The molecule has 1 unspecified atom stereocenters. The van der Waals surface area contributed by atoms with Crippen LogP contribution in [-0.2, 0) is 0 Å². The van der Waals surface area contributed by atoms with E-state index in [-0.39, 0.29) is 16.9 Å².